The second-order valence-electron chi connectivity index (χ2n) is 7.57. The molecule has 1 aromatic carbocycles. The summed E-state index contributed by atoms with van der Waals surface area (Å²) in [4.78, 5) is 39.7. The molecular formula is C20H26N4O4. The molecule has 8 nitrogen and oxygen atoms in total. The number of rotatable bonds is 4. The van der Waals surface area contributed by atoms with E-state index in [-0.39, 0.29) is 23.9 Å². The molecular weight excluding hydrogens is 360 g/mol. The SMILES string of the molecule is O=C1NC[C@H](C(=O)N2CCC(Oc3ccc(C(=O)N4CCCC4)cc3)CC2)N1. The van der Waals surface area contributed by atoms with Gasteiger partial charge in [0, 0.05) is 51.1 Å². The Labute approximate surface area is 164 Å². The van der Waals surface area contributed by atoms with Crippen molar-refractivity contribution in [1.29, 1.82) is 0 Å². The molecule has 8 heteroatoms. The Bertz CT molecular complexity index is 737. The predicted molar refractivity (Wildman–Crippen MR) is 102 cm³/mol. The molecule has 1 atom stereocenters. The average Bonchev–Trinajstić information content (AvgIpc) is 3.40. The number of urea groups is 1. The second-order valence-corrected chi connectivity index (χ2v) is 7.57. The van der Waals surface area contributed by atoms with Crippen molar-refractivity contribution >= 4 is 17.8 Å². The lowest BCUT2D eigenvalue weighted by Gasteiger charge is -2.33. The van der Waals surface area contributed by atoms with E-state index in [0.29, 0.717) is 25.2 Å². The van der Waals surface area contributed by atoms with Crippen LogP contribution in [0.3, 0.4) is 0 Å². The van der Waals surface area contributed by atoms with Gasteiger partial charge in [0.15, 0.2) is 0 Å². The number of amides is 4. The van der Waals surface area contributed by atoms with Gasteiger partial charge in [0.1, 0.15) is 17.9 Å². The summed E-state index contributed by atoms with van der Waals surface area (Å²) < 4.78 is 6.04. The fourth-order valence-corrected chi connectivity index (χ4v) is 3.99. The van der Waals surface area contributed by atoms with Crippen molar-refractivity contribution in [3.63, 3.8) is 0 Å². The lowest BCUT2D eigenvalue weighted by atomic mass is 10.1. The number of nitrogens with one attached hydrogen (secondary N) is 2. The van der Waals surface area contributed by atoms with Gasteiger partial charge in [-0.15, -0.1) is 0 Å². The first-order chi connectivity index (χ1) is 13.6. The molecule has 0 aliphatic carbocycles. The summed E-state index contributed by atoms with van der Waals surface area (Å²) in [5, 5.41) is 5.24. The fraction of sp³-hybridized carbons (Fsp3) is 0.550. The van der Waals surface area contributed by atoms with Crippen LogP contribution in [0.25, 0.3) is 0 Å². The molecule has 1 aromatic rings. The molecule has 3 aliphatic rings. The van der Waals surface area contributed by atoms with Crippen LogP contribution in [-0.2, 0) is 4.79 Å². The summed E-state index contributed by atoms with van der Waals surface area (Å²) >= 11 is 0. The third kappa shape index (κ3) is 4.05. The van der Waals surface area contributed by atoms with Crippen molar-refractivity contribution in [3.8, 4) is 5.75 Å². The van der Waals surface area contributed by atoms with E-state index in [1.807, 2.05) is 29.2 Å². The first-order valence-electron chi connectivity index (χ1n) is 9.99. The summed E-state index contributed by atoms with van der Waals surface area (Å²) in [7, 11) is 0. The molecule has 150 valence electrons. The number of nitrogens with zero attached hydrogens (tertiary/aromatic N) is 2. The minimum Gasteiger partial charge on any atom is -0.490 e. The molecule has 0 radical (unpaired) electrons. The van der Waals surface area contributed by atoms with Gasteiger partial charge in [-0.05, 0) is 37.1 Å². The topological polar surface area (TPSA) is 91.0 Å². The van der Waals surface area contributed by atoms with Crippen LogP contribution in [0.4, 0.5) is 4.79 Å². The van der Waals surface area contributed by atoms with E-state index in [1.165, 1.54) is 0 Å². The lowest BCUT2D eigenvalue weighted by Crippen LogP contribution is -2.49. The highest BCUT2D eigenvalue weighted by Gasteiger charge is 2.33. The van der Waals surface area contributed by atoms with Crippen LogP contribution in [0, 0.1) is 0 Å². The normalized spacial score (nSPS) is 22.7. The van der Waals surface area contributed by atoms with E-state index in [2.05, 4.69) is 10.6 Å². The van der Waals surface area contributed by atoms with E-state index in [1.54, 1.807) is 4.90 Å². The van der Waals surface area contributed by atoms with Gasteiger partial charge in [0.2, 0.25) is 5.91 Å². The van der Waals surface area contributed by atoms with Crippen LogP contribution >= 0.6 is 0 Å². The van der Waals surface area contributed by atoms with Crippen molar-refractivity contribution < 1.29 is 19.1 Å². The number of carbonyl (C=O) groups excluding carboxylic acids is 3. The summed E-state index contributed by atoms with van der Waals surface area (Å²) in [6.07, 6.45) is 3.69. The first-order valence-corrected chi connectivity index (χ1v) is 9.99. The van der Waals surface area contributed by atoms with Crippen molar-refractivity contribution in [2.24, 2.45) is 0 Å². The quantitative estimate of drug-likeness (QED) is 0.807. The zero-order valence-corrected chi connectivity index (χ0v) is 15.9. The number of carbonyl (C=O) groups is 3. The number of ether oxygens (including phenoxy) is 1. The van der Waals surface area contributed by atoms with Gasteiger partial charge in [-0.25, -0.2) is 4.79 Å². The molecule has 3 heterocycles. The smallest absolute Gasteiger partial charge is 0.315 e. The van der Waals surface area contributed by atoms with Crippen molar-refractivity contribution in [1.82, 2.24) is 20.4 Å². The van der Waals surface area contributed by atoms with E-state index in [0.717, 1.165) is 44.5 Å². The number of benzene rings is 1. The first kappa shape index (κ1) is 18.6. The Morgan fingerprint density at radius 3 is 2.25 bits per heavy atom. The summed E-state index contributed by atoms with van der Waals surface area (Å²) in [5.74, 6) is 0.793. The molecule has 3 aliphatic heterocycles. The molecule has 0 saturated carbocycles. The molecule has 0 bridgehead atoms. The molecule has 4 amide bonds. The van der Waals surface area contributed by atoms with Gasteiger partial charge < -0.3 is 25.2 Å². The van der Waals surface area contributed by atoms with Crippen LogP contribution in [0.15, 0.2) is 24.3 Å². The van der Waals surface area contributed by atoms with E-state index >= 15 is 0 Å². The molecule has 3 saturated heterocycles. The monoisotopic (exact) mass is 386 g/mol. The number of piperidine rings is 1. The van der Waals surface area contributed by atoms with Gasteiger partial charge in [-0.3, -0.25) is 9.59 Å². The molecule has 0 aromatic heterocycles. The molecule has 28 heavy (non-hydrogen) atoms. The summed E-state index contributed by atoms with van der Waals surface area (Å²) in [6.45, 7) is 3.25. The molecule has 0 spiro atoms. The number of hydrogen-bond donors (Lipinski definition) is 2. The Morgan fingerprint density at radius 2 is 1.64 bits per heavy atom. The fourth-order valence-electron chi connectivity index (χ4n) is 3.99. The summed E-state index contributed by atoms with van der Waals surface area (Å²) in [6, 6.07) is 6.59. The minimum atomic E-state index is -0.467. The van der Waals surface area contributed by atoms with Crippen molar-refractivity contribution in [2.75, 3.05) is 32.7 Å². The molecule has 4 rings (SSSR count). The zero-order valence-electron chi connectivity index (χ0n) is 15.9. The highest BCUT2D eigenvalue weighted by atomic mass is 16.5. The Kier molecular flexibility index (Phi) is 5.36. The maximum Gasteiger partial charge on any atom is 0.315 e. The molecule has 2 N–H and O–H groups in total. The minimum absolute atomic E-state index is 0.0402. The molecule has 3 fully saturated rings. The van der Waals surface area contributed by atoms with E-state index in [4.69, 9.17) is 4.74 Å². The van der Waals surface area contributed by atoms with Crippen molar-refractivity contribution in [2.45, 2.75) is 37.8 Å². The number of likely N-dealkylation sites (tertiary alicyclic amines) is 2. The van der Waals surface area contributed by atoms with Crippen LogP contribution in [0.2, 0.25) is 0 Å². The predicted octanol–water partition coefficient (Wildman–Crippen LogP) is 0.974. The standard InChI is InChI=1S/C20H26N4O4/c25-18(23-9-1-2-10-23)14-3-5-15(6-4-14)28-16-7-11-24(12-8-16)19(26)17-13-21-20(27)22-17/h3-6,16-17H,1-2,7-13H2,(H2,21,22,27)/t17-/m1/s1. The van der Waals surface area contributed by atoms with Crippen LogP contribution in [-0.4, -0.2) is 72.5 Å². The largest absolute Gasteiger partial charge is 0.490 e. The van der Waals surface area contributed by atoms with E-state index in [9.17, 15) is 14.4 Å². The van der Waals surface area contributed by atoms with Crippen LogP contribution in [0.1, 0.15) is 36.0 Å². The summed E-state index contributed by atoms with van der Waals surface area (Å²) in [5.41, 5.74) is 0.696. The highest BCUT2D eigenvalue weighted by molar-refractivity contribution is 5.94. The van der Waals surface area contributed by atoms with Crippen LogP contribution < -0.4 is 15.4 Å². The Morgan fingerprint density at radius 1 is 0.964 bits per heavy atom. The van der Waals surface area contributed by atoms with Gasteiger partial charge in [-0.1, -0.05) is 0 Å². The number of hydrogen-bond acceptors (Lipinski definition) is 4. The highest BCUT2D eigenvalue weighted by Crippen LogP contribution is 2.21. The van der Waals surface area contributed by atoms with Gasteiger partial charge in [0.25, 0.3) is 5.91 Å². The average molecular weight is 386 g/mol. The second kappa shape index (κ2) is 8.08. The Balaban J connectivity index is 1.26. The zero-order chi connectivity index (χ0) is 19.5. The third-order valence-corrected chi connectivity index (χ3v) is 5.62. The maximum absolute atomic E-state index is 12.4. The van der Waals surface area contributed by atoms with Crippen LogP contribution in [0.5, 0.6) is 5.75 Å². The maximum atomic E-state index is 12.4. The lowest BCUT2D eigenvalue weighted by molar-refractivity contribution is -0.134. The van der Waals surface area contributed by atoms with Gasteiger partial charge in [0.05, 0.1) is 0 Å². The van der Waals surface area contributed by atoms with Crippen molar-refractivity contribution in [3.05, 3.63) is 29.8 Å². The van der Waals surface area contributed by atoms with Gasteiger partial charge >= 0.3 is 6.03 Å². The van der Waals surface area contributed by atoms with Gasteiger partial charge in [-0.2, -0.15) is 0 Å². The third-order valence-electron chi connectivity index (χ3n) is 5.62. The van der Waals surface area contributed by atoms with E-state index < -0.39 is 6.04 Å². The molecule has 0 unspecified atom stereocenters. The Hall–Kier alpha value is -2.77.